The molecule has 1 unspecified atom stereocenters. The summed E-state index contributed by atoms with van der Waals surface area (Å²) in [5.74, 6) is 0. The van der Waals surface area contributed by atoms with Crippen molar-refractivity contribution in [2.75, 3.05) is 11.6 Å². The highest BCUT2D eigenvalue weighted by atomic mass is 15.6. The molecule has 2 heteroatoms. The molecule has 0 amide bonds. The molecular weight excluding hydrogens is 472 g/mol. The quantitative estimate of drug-likeness (QED) is 0.164. The van der Waals surface area contributed by atoms with Crippen LogP contribution < -0.4 is 9.69 Å². The van der Waals surface area contributed by atoms with Gasteiger partial charge in [0, 0.05) is 23.3 Å². The van der Waals surface area contributed by atoms with Crippen LogP contribution in [-0.2, 0) is 0 Å². The lowest BCUT2D eigenvalue weighted by molar-refractivity contribution is -0.655. The molecule has 0 saturated carbocycles. The van der Waals surface area contributed by atoms with E-state index in [4.69, 9.17) is 0 Å². The van der Waals surface area contributed by atoms with Crippen LogP contribution in [0.4, 0.5) is 0 Å². The lowest BCUT2D eigenvalue weighted by Gasteiger charge is -2.13. The van der Waals surface area contributed by atoms with E-state index in [1.54, 1.807) is 0 Å². The lowest BCUT2D eigenvalue weighted by atomic mass is 9.99. The second kappa shape index (κ2) is 10.1. The average Bonchev–Trinajstić information content (AvgIpc) is 3.83. The van der Waals surface area contributed by atoms with E-state index < -0.39 is 0 Å². The second-order valence-corrected chi connectivity index (χ2v) is 10.1. The number of hydrogen-bond donors (Lipinski definition) is 0. The molecule has 1 aliphatic heterocycles. The van der Waals surface area contributed by atoms with Crippen molar-refractivity contribution < 1.29 is 4.68 Å². The third-order valence-corrected chi connectivity index (χ3v) is 7.53. The van der Waals surface area contributed by atoms with Crippen molar-refractivity contribution in [3.05, 3.63) is 163 Å². The van der Waals surface area contributed by atoms with Gasteiger partial charge < -0.3 is 0 Å². The van der Waals surface area contributed by atoms with Crippen molar-refractivity contribution in [1.82, 2.24) is 0 Å². The zero-order chi connectivity index (χ0) is 26.0. The largest absolute Gasteiger partial charge is 0.243 e. The Kier molecular flexibility index (Phi) is 5.99. The van der Waals surface area contributed by atoms with Crippen LogP contribution in [0.15, 0.2) is 158 Å². The summed E-state index contributed by atoms with van der Waals surface area (Å²) in [6, 6.07) is 56.9. The zero-order valence-electron chi connectivity index (χ0n) is 21.7. The highest BCUT2D eigenvalue weighted by molar-refractivity contribution is 5.74. The smallest absolute Gasteiger partial charge is 0.168 e. The highest BCUT2D eigenvalue weighted by Crippen LogP contribution is 2.36. The SMILES string of the molecule is c1ccc(-c2ccc(C3CN3[n+]3c(-c4ccccc4)cc(-c4ccccc4)cc3-c3ccccc3)cc2)cc1. The summed E-state index contributed by atoms with van der Waals surface area (Å²) in [7, 11) is 0. The van der Waals surface area contributed by atoms with E-state index in [0.29, 0.717) is 6.04 Å². The number of benzene rings is 5. The van der Waals surface area contributed by atoms with Crippen LogP contribution >= 0.6 is 0 Å². The maximum absolute atomic E-state index is 2.48. The Labute approximate surface area is 230 Å². The van der Waals surface area contributed by atoms with E-state index in [9.17, 15) is 0 Å². The fourth-order valence-electron chi connectivity index (χ4n) is 5.45. The molecule has 6 aromatic rings. The predicted octanol–water partition coefficient (Wildman–Crippen LogP) is 8.34. The monoisotopic (exact) mass is 501 g/mol. The van der Waals surface area contributed by atoms with Crippen LogP contribution in [0.2, 0.25) is 0 Å². The van der Waals surface area contributed by atoms with Crippen molar-refractivity contribution in [3.63, 3.8) is 0 Å². The van der Waals surface area contributed by atoms with Crippen molar-refractivity contribution in [3.8, 4) is 44.8 Å². The van der Waals surface area contributed by atoms with E-state index in [1.165, 1.54) is 50.3 Å². The molecule has 1 aliphatic rings. The number of rotatable bonds is 6. The first-order valence-corrected chi connectivity index (χ1v) is 13.5. The van der Waals surface area contributed by atoms with Crippen molar-refractivity contribution >= 4 is 0 Å². The molecule has 186 valence electrons. The van der Waals surface area contributed by atoms with Crippen molar-refractivity contribution in [2.45, 2.75) is 6.04 Å². The molecule has 1 atom stereocenters. The molecule has 0 bridgehead atoms. The standard InChI is InChI=1S/C37H29N2/c1-5-13-28(14-6-1)30-21-23-33(24-22-30)37-27-38(37)39-35(31-17-9-3-10-18-31)25-34(29-15-7-2-8-16-29)26-36(39)32-19-11-4-12-20-32/h1-26,37H,27H2/q+1. The first-order valence-electron chi connectivity index (χ1n) is 13.5. The number of pyridine rings is 1. The normalized spacial score (nSPS) is 14.3. The van der Waals surface area contributed by atoms with Crippen LogP contribution in [0.5, 0.6) is 0 Å². The van der Waals surface area contributed by atoms with Crippen LogP contribution in [-0.4, -0.2) is 6.54 Å². The molecule has 0 radical (unpaired) electrons. The van der Waals surface area contributed by atoms with Gasteiger partial charge in [-0.05, 0) is 52.1 Å². The fourth-order valence-corrected chi connectivity index (χ4v) is 5.45. The van der Waals surface area contributed by atoms with Crippen LogP contribution in [0.3, 0.4) is 0 Å². The van der Waals surface area contributed by atoms with Gasteiger partial charge in [0.1, 0.15) is 12.6 Å². The van der Waals surface area contributed by atoms with Gasteiger partial charge in [0.15, 0.2) is 0 Å². The highest BCUT2D eigenvalue weighted by Gasteiger charge is 2.46. The third-order valence-electron chi connectivity index (χ3n) is 7.53. The molecular formula is C37H29N2+. The number of nitrogens with zero attached hydrogens (tertiary/aromatic N) is 2. The summed E-state index contributed by atoms with van der Waals surface area (Å²) in [5, 5.41) is 2.48. The van der Waals surface area contributed by atoms with E-state index in [2.05, 4.69) is 167 Å². The Hall–Kier alpha value is -4.95. The maximum Gasteiger partial charge on any atom is 0.243 e. The summed E-state index contributed by atoms with van der Waals surface area (Å²) in [6.45, 7) is 0.972. The van der Waals surface area contributed by atoms with Crippen LogP contribution in [0.25, 0.3) is 44.8 Å². The molecule has 7 rings (SSSR count). The van der Waals surface area contributed by atoms with Gasteiger partial charge in [0.05, 0.1) is 0 Å². The van der Waals surface area contributed by atoms with Crippen LogP contribution in [0.1, 0.15) is 11.6 Å². The Bertz CT molecular complexity index is 1630. The van der Waals surface area contributed by atoms with E-state index in [0.717, 1.165) is 6.54 Å². The van der Waals surface area contributed by atoms with Gasteiger partial charge in [-0.2, -0.15) is 5.01 Å². The molecule has 2 nitrogen and oxygen atoms in total. The molecule has 2 heterocycles. The molecule has 1 aromatic heterocycles. The Balaban J connectivity index is 1.35. The molecule has 1 fully saturated rings. The lowest BCUT2D eigenvalue weighted by Crippen LogP contribution is -2.49. The van der Waals surface area contributed by atoms with Crippen molar-refractivity contribution in [1.29, 1.82) is 0 Å². The Morgan fingerprint density at radius 3 is 1.26 bits per heavy atom. The minimum absolute atomic E-state index is 0.326. The minimum Gasteiger partial charge on any atom is -0.168 e. The third kappa shape index (κ3) is 4.62. The molecule has 39 heavy (non-hydrogen) atoms. The van der Waals surface area contributed by atoms with Gasteiger partial charge in [-0.25, -0.2) is 0 Å². The molecule has 5 aromatic carbocycles. The molecule has 0 N–H and O–H groups in total. The first kappa shape index (κ1) is 23.2. The topological polar surface area (TPSA) is 6.89 Å². The maximum atomic E-state index is 2.48. The first-order chi connectivity index (χ1) is 19.3. The van der Waals surface area contributed by atoms with Gasteiger partial charge in [-0.15, -0.1) is 0 Å². The molecule has 0 aliphatic carbocycles. The molecule has 1 saturated heterocycles. The summed E-state index contributed by atoms with van der Waals surface area (Å²) in [4.78, 5) is 0. The number of aromatic nitrogens is 1. The number of hydrogen-bond acceptors (Lipinski definition) is 1. The van der Waals surface area contributed by atoms with Gasteiger partial charge in [0.2, 0.25) is 11.4 Å². The summed E-state index contributed by atoms with van der Waals surface area (Å²) < 4.78 is 2.44. The Morgan fingerprint density at radius 2 is 0.795 bits per heavy atom. The zero-order valence-corrected chi connectivity index (χ0v) is 21.7. The van der Waals surface area contributed by atoms with E-state index in [-0.39, 0.29) is 0 Å². The predicted molar refractivity (Wildman–Crippen MR) is 161 cm³/mol. The average molecular weight is 502 g/mol. The van der Waals surface area contributed by atoms with Gasteiger partial charge in [0.25, 0.3) is 0 Å². The van der Waals surface area contributed by atoms with Crippen LogP contribution in [0, 0.1) is 0 Å². The van der Waals surface area contributed by atoms with E-state index in [1.807, 2.05) is 0 Å². The summed E-state index contributed by atoms with van der Waals surface area (Å²) >= 11 is 0. The second-order valence-electron chi connectivity index (χ2n) is 10.1. The fraction of sp³-hybridized carbons (Fsp3) is 0.0541. The van der Waals surface area contributed by atoms with Gasteiger partial charge in [-0.1, -0.05) is 126 Å². The Morgan fingerprint density at radius 1 is 0.410 bits per heavy atom. The van der Waals surface area contributed by atoms with Gasteiger partial charge in [-0.3, -0.25) is 0 Å². The minimum atomic E-state index is 0.326. The summed E-state index contributed by atoms with van der Waals surface area (Å²) in [5.41, 5.74) is 11.1. The van der Waals surface area contributed by atoms with Crippen molar-refractivity contribution in [2.24, 2.45) is 0 Å². The summed E-state index contributed by atoms with van der Waals surface area (Å²) in [6.07, 6.45) is 0. The van der Waals surface area contributed by atoms with E-state index >= 15 is 0 Å². The van der Waals surface area contributed by atoms with Gasteiger partial charge >= 0.3 is 0 Å². The molecule has 0 spiro atoms.